The maximum Gasteiger partial charge on any atom is 0.106 e. The number of aromatic nitrogens is 1. The molecule has 0 aromatic carbocycles. The fourth-order valence-corrected chi connectivity index (χ4v) is 3.81. The number of hydrogen-bond donors (Lipinski definition) is 1. The van der Waals surface area contributed by atoms with E-state index in [0.29, 0.717) is 6.04 Å². The molecule has 1 saturated carbocycles. The van der Waals surface area contributed by atoms with Gasteiger partial charge in [-0.25, -0.2) is 4.98 Å². The van der Waals surface area contributed by atoms with Crippen molar-refractivity contribution in [1.29, 1.82) is 0 Å². The first-order valence-corrected chi connectivity index (χ1v) is 8.20. The van der Waals surface area contributed by atoms with Gasteiger partial charge in [0.25, 0.3) is 0 Å². The van der Waals surface area contributed by atoms with Crippen molar-refractivity contribution in [2.75, 3.05) is 26.2 Å². The van der Waals surface area contributed by atoms with E-state index in [-0.39, 0.29) is 24.8 Å². The second-order valence-corrected chi connectivity index (χ2v) is 6.50. The molecule has 2 fully saturated rings. The van der Waals surface area contributed by atoms with Crippen LogP contribution in [0.5, 0.6) is 0 Å². The highest BCUT2D eigenvalue weighted by Crippen LogP contribution is 2.39. The Morgan fingerprint density at radius 1 is 1.14 bits per heavy atom. The zero-order chi connectivity index (χ0) is 13.1. The first-order valence-electron chi connectivity index (χ1n) is 7.41. The van der Waals surface area contributed by atoms with Crippen LogP contribution in [0.2, 0.25) is 0 Å². The van der Waals surface area contributed by atoms with Gasteiger partial charge in [-0.1, -0.05) is 18.9 Å². The summed E-state index contributed by atoms with van der Waals surface area (Å²) in [5, 5.41) is 3.46. The van der Waals surface area contributed by atoms with Crippen LogP contribution in [0, 0.1) is 5.92 Å². The molecular formula is C15H24BrCl2N3. The SMILES string of the molecule is Brc1ccc([C@H](C2CCCC2)N2CCNCC2)cn1.Cl.Cl. The lowest BCUT2D eigenvalue weighted by molar-refractivity contribution is 0.125. The van der Waals surface area contributed by atoms with Gasteiger partial charge < -0.3 is 5.32 Å². The van der Waals surface area contributed by atoms with Gasteiger partial charge in [-0.15, -0.1) is 24.8 Å². The molecule has 1 aromatic heterocycles. The minimum absolute atomic E-state index is 0. The highest BCUT2D eigenvalue weighted by atomic mass is 79.9. The van der Waals surface area contributed by atoms with Crippen LogP contribution in [0.1, 0.15) is 37.3 Å². The normalized spacial score (nSPS) is 21.4. The third-order valence-corrected chi connectivity index (χ3v) is 4.95. The maximum absolute atomic E-state index is 4.44. The van der Waals surface area contributed by atoms with Crippen molar-refractivity contribution in [3.63, 3.8) is 0 Å². The summed E-state index contributed by atoms with van der Waals surface area (Å²) in [6.45, 7) is 4.56. The van der Waals surface area contributed by atoms with Crippen molar-refractivity contribution >= 4 is 40.7 Å². The van der Waals surface area contributed by atoms with Crippen LogP contribution in [0.3, 0.4) is 0 Å². The van der Waals surface area contributed by atoms with Gasteiger partial charge in [-0.2, -0.15) is 0 Å². The Hall–Kier alpha value is 0.130. The van der Waals surface area contributed by atoms with Gasteiger partial charge in [0.1, 0.15) is 4.60 Å². The van der Waals surface area contributed by atoms with E-state index in [1.807, 2.05) is 0 Å². The summed E-state index contributed by atoms with van der Waals surface area (Å²) in [6, 6.07) is 4.91. The predicted molar refractivity (Wildman–Crippen MR) is 95.6 cm³/mol. The average molecular weight is 397 g/mol. The van der Waals surface area contributed by atoms with Gasteiger partial charge in [0.15, 0.2) is 0 Å². The molecule has 0 radical (unpaired) electrons. The van der Waals surface area contributed by atoms with Crippen LogP contribution >= 0.6 is 40.7 Å². The summed E-state index contributed by atoms with van der Waals surface area (Å²) in [7, 11) is 0. The average Bonchev–Trinajstić information content (AvgIpc) is 2.96. The van der Waals surface area contributed by atoms with Crippen molar-refractivity contribution in [2.45, 2.75) is 31.7 Å². The summed E-state index contributed by atoms with van der Waals surface area (Å²) in [5.41, 5.74) is 1.40. The quantitative estimate of drug-likeness (QED) is 0.787. The van der Waals surface area contributed by atoms with E-state index in [1.165, 1.54) is 31.2 Å². The highest BCUT2D eigenvalue weighted by Gasteiger charge is 2.31. The molecule has 2 heterocycles. The van der Waals surface area contributed by atoms with E-state index in [4.69, 9.17) is 0 Å². The van der Waals surface area contributed by atoms with Gasteiger partial charge >= 0.3 is 0 Å². The van der Waals surface area contributed by atoms with Crippen LogP contribution in [0.4, 0.5) is 0 Å². The number of rotatable bonds is 3. The summed E-state index contributed by atoms with van der Waals surface area (Å²) in [4.78, 5) is 7.10. The number of pyridine rings is 1. The Labute approximate surface area is 148 Å². The van der Waals surface area contributed by atoms with Gasteiger partial charge in [-0.05, 0) is 46.3 Å². The van der Waals surface area contributed by atoms with Crippen molar-refractivity contribution in [3.8, 4) is 0 Å². The number of halogens is 3. The number of nitrogens with zero attached hydrogens (tertiary/aromatic N) is 2. The number of piperazine rings is 1. The van der Waals surface area contributed by atoms with Gasteiger partial charge in [0.05, 0.1) is 0 Å². The molecule has 1 aliphatic carbocycles. The Bertz CT molecular complexity index is 404. The molecule has 1 N–H and O–H groups in total. The van der Waals surface area contributed by atoms with Crippen LogP contribution in [-0.2, 0) is 0 Å². The van der Waals surface area contributed by atoms with E-state index in [2.05, 4.69) is 49.5 Å². The summed E-state index contributed by atoms with van der Waals surface area (Å²) in [6.07, 6.45) is 7.62. The Morgan fingerprint density at radius 2 is 1.81 bits per heavy atom. The van der Waals surface area contributed by atoms with Crippen molar-refractivity contribution in [3.05, 3.63) is 28.5 Å². The topological polar surface area (TPSA) is 28.2 Å². The summed E-state index contributed by atoms with van der Waals surface area (Å²) >= 11 is 3.44. The molecule has 3 rings (SSSR count). The van der Waals surface area contributed by atoms with Crippen LogP contribution in [0.15, 0.2) is 22.9 Å². The largest absolute Gasteiger partial charge is 0.314 e. The lowest BCUT2D eigenvalue weighted by atomic mass is 9.90. The molecule has 1 aromatic rings. The maximum atomic E-state index is 4.44. The molecule has 1 aliphatic heterocycles. The first-order chi connectivity index (χ1) is 9.34. The molecule has 6 heteroatoms. The van der Waals surface area contributed by atoms with Crippen LogP contribution in [-0.4, -0.2) is 36.1 Å². The van der Waals surface area contributed by atoms with Gasteiger partial charge in [0.2, 0.25) is 0 Å². The molecule has 0 amide bonds. The second-order valence-electron chi connectivity index (χ2n) is 5.69. The smallest absolute Gasteiger partial charge is 0.106 e. The number of hydrogen-bond acceptors (Lipinski definition) is 3. The van der Waals surface area contributed by atoms with Crippen molar-refractivity contribution < 1.29 is 0 Å². The molecule has 3 nitrogen and oxygen atoms in total. The molecule has 1 saturated heterocycles. The Balaban J connectivity index is 0.00000110. The highest BCUT2D eigenvalue weighted by molar-refractivity contribution is 9.10. The fourth-order valence-electron chi connectivity index (χ4n) is 3.58. The zero-order valence-corrected chi connectivity index (χ0v) is 15.4. The molecule has 1 atom stereocenters. The van der Waals surface area contributed by atoms with Crippen molar-refractivity contribution in [2.24, 2.45) is 5.92 Å². The summed E-state index contributed by atoms with van der Waals surface area (Å²) in [5.74, 6) is 0.820. The van der Waals surface area contributed by atoms with Gasteiger partial charge in [0, 0.05) is 38.4 Å². The molecule has 0 spiro atoms. The molecule has 0 unspecified atom stereocenters. The number of nitrogens with one attached hydrogen (secondary N) is 1. The molecule has 2 aliphatic rings. The minimum atomic E-state index is 0. The summed E-state index contributed by atoms with van der Waals surface area (Å²) < 4.78 is 0.932. The minimum Gasteiger partial charge on any atom is -0.314 e. The van der Waals surface area contributed by atoms with E-state index in [1.54, 1.807) is 0 Å². The first kappa shape index (κ1) is 19.2. The Morgan fingerprint density at radius 3 is 2.38 bits per heavy atom. The van der Waals surface area contributed by atoms with Gasteiger partial charge in [-0.3, -0.25) is 4.90 Å². The zero-order valence-electron chi connectivity index (χ0n) is 12.1. The van der Waals surface area contributed by atoms with E-state index in [0.717, 1.165) is 36.7 Å². The Kier molecular flexibility index (Phi) is 8.50. The van der Waals surface area contributed by atoms with Crippen molar-refractivity contribution in [1.82, 2.24) is 15.2 Å². The fraction of sp³-hybridized carbons (Fsp3) is 0.667. The third kappa shape index (κ3) is 4.80. The lowest BCUT2D eigenvalue weighted by Crippen LogP contribution is -2.46. The molecule has 21 heavy (non-hydrogen) atoms. The van der Waals surface area contributed by atoms with Crippen LogP contribution in [0.25, 0.3) is 0 Å². The molecular weight excluding hydrogens is 373 g/mol. The third-order valence-electron chi connectivity index (χ3n) is 4.48. The van der Waals surface area contributed by atoms with E-state index >= 15 is 0 Å². The molecule has 0 bridgehead atoms. The van der Waals surface area contributed by atoms with E-state index < -0.39 is 0 Å². The predicted octanol–water partition coefficient (Wildman–Crippen LogP) is 3.82. The standard InChI is InChI=1S/C15H22BrN3.2ClH/c16-14-6-5-13(11-18-14)15(12-3-1-2-4-12)19-9-7-17-8-10-19;;/h5-6,11-12,15,17H,1-4,7-10H2;2*1H/t15-;;/m0../s1. The lowest BCUT2D eigenvalue weighted by Gasteiger charge is -2.38. The van der Waals surface area contributed by atoms with E-state index in [9.17, 15) is 0 Å². The molecule has 120 valence electrons. The van der Waals surface area contributed by atoms with Crippen LogP contribution < -0.4 is 5.32 Å². The second kappa shape index (κ2) is 9.31. The monoisotopic (exact) mass is 395 g/mol.